The molecule has 0 unspecified atom stereocenters. The van der Waals surface area contributed by atoms with Crippen molar-refractivity contribution < 1.29 is 9.53 Å². The normalized spacial score (nSPS) is 11.0. The Kier molecular flexibility index (Phi) is 6.10. The van der Waals surface area contributed by atoms with Crippen LogP contribution in [0.4, 0.5) is 5.69 Å². The first-order valence-corrected chi connectivity index (χ1v) is 9.31. The van der Waals surface area contributed by atoms with Crippen LogP contribution in [0.3, 0.4) is 0 Å². The van der Waals surface area contributed by atoms with Gasteiger partial charge in [0, 0.05) is 11.3 Å². The minimum absolute atomic E-state index is 0.00452. The summed E-state index contributed by atoms with van der Waals surface area (Å²) in [6.07, 6.45) is 1.58. The molecule has 0 spiro atoms. The molecule has 1 N–H and O–H groups in total. The second kappa shape index (κ2) is 8.89. The van der Waals surface area contributed by atoms with E-state index in [4.69, 9.17) is 4.74 Å². The Labute approximate surface area is 170 Å². The molecule has 0 aliphatic carbocycles. The summed E-state index contributed by atoms with van der Waals surface area (Å²) in [5.41, 5.74) is 3.77. The quantitative estimate of drug-likeness (QED) is 0.502. The molecule has 3 rings (SSSR count). The SMILES string of the molecule is CCOc1ccccc1NC(=O)/C(C#N)=C/c1c(C)nn(-c2ccccc2)c1C. The van der Waals surface area contributed by atoms with Crippen molar-refractivity contribution in [2.45, 2.75) is 20.8 Å². The third-order valence-electron chi connectivity index (χ3n) is 4.44. The molecule has 2 aromatic carbocycles. The van der Waals surface area contributed by atoms with Crippen molar-refractivity contribution >= 4 is 17.7 Å². The Hall–Kier alpha value is -3.85. The van der Waals surface area contributed by atoms with Crippen molar-refractivity contribution in [2.24, 2.45) is 0 Å². The number of amides is 1. The van der Waals surface area contributed by atoms with Crippen LogP contribution in [0.2, 0.25) is 0 Å². The smallest absolute Gasteiger partial charge is 0.266 e. The molecule has 1 aromatic heterocycles. The Balaban J connectivity index is 1.92. The summed E-state index contributed by atoms with van der Waals surface area (Å²) in [6, 6.07) is 18.8. The third-order valence-corrected chi connectivity index (χ3v) is 4.44. The first-order valence-electron chi connectivity index (χ1n) is 9.31. The number of carbonyl (C=O) groups is 1. The van der Waals surface area contributed by atoms with E-state index in [9.17, 15) is 10.1 Å². The standard InChI is InChI=1S/C23H22N4O2/c1-4-29-22-13-9-8-12-21(22)25-23(28)18(15-24)14-20-16(2)26-27(17(20)3)19-10-6-5-7-11-19/h5-14H,4H2,1-3H3,(H,25,28)/b18-14+. The van der Waals surface area contributed by atoms with E-state index in [1.54, 1.807) is 29.0 Å². The zero-order valence-corrected chi connectivity index (χ0v) is 16.6. The first-order chi connectivity index (χ1) is 14.0. The topological polar surface area (TPSA) is 79.9 Å². The number of ether oxygens (including phenoxy) is 1. The van der Waals surface area contributed by atoms with E-state index in [1.807, 2.05) is 63.2 Å². The second-order valence-corrected chi connectivity index (χ2v) is 6.38. The second-order valence-electron chi connectivity index (χ2n) is 6.38. The molecule has 0 aliphatic rings. The average molecular weight is 386 g/mol. The van der Waals surface area contributed by atoms with Crippen LogP contribution in [0.25, 0.3) is 11.8 Å². The van der Waals surface area contributed by atoms with E-state index in [1.165, 1.54) is 0 Å². The molecule has 0 saturated carbocycles. The van der Waals surface area contributed by atoms with Gasteiger partial charge in [0.25, 0.3) is 5.91 Å². The fourth-order valence-corrected chi connectivity index (χ4v) is 3.02. The molecule has 6 nitrogen and oxygen atoms in total. The molecule has 0 saturated heterocycles. The number of hydrogen-bond acceptors (Lipinski definition) is 4. The van der Waals surface area contributed by atoms with Crippen molar-refractivity contribution in [2.75, 3.05) is 11.9 Å². The highest BCUT2D eigenvalue weighted by Crippen LogP contribution is 2.25. The van der Waals surface area contributed by atoms with Crippen LogP contribution in [0.1, 0.15) is 23.9 Å². The maximum Gasteiger partial charge on any atom is 0.266 e. The van der Waals surface area contributed by atoms with Gasteiger partial charge in [0.05, 0.1) is 23.7 Å². The fourth-order valence-electron chi connectivity index (χ4n) is 3.02. The number of aryl methyl sites for hydroxylation is 1. The van der Waals surface area contributed by atoms with Crippen molar-refractivity contribution in [3.63, 3.8) is 0 Å². The van der Waals surface area contributed by atoms with Crippen LogP contribution in [-0.4, -0.2) is 22.3 Å². The molecule has 0 fully saturated rings. The zero-order valence-electron chi connectivity index (χ0n) is 16.6. The van der Waals surface area contributed by atoms with Gasteiger partial charge in [0.2, 0.25) is 0 Å². The monoisotopic (exact) mass is 386 g/mol. The molecule has 146 valence electrons. The minimum atomic E-state index is -0.495. The summed E-state index contributed by atoms with van der Waals surface area (Å²) in [5, 5.41) is 16.9. The van der Waals surface area contributed by atoms with Crippen molar-refractivity contribution in [1.82, 2.24) is 9.78 Å². The molecule has 1 heterocycles. The maximum atomic E-state index is 12.7. The van der Waals surface area contributed by atoms with Crippen LogP contribution >= 0.6 is 0 Å². The fraction of sp³-hybridized carbons (Fsp3) is 0.174. The highest BCUT2D eigenvalue weighted by atomic mass is 16.5. The maximum absolute atomic E-state index is 12.7. The van der Waals surface area contributed by atoms with Gasteiger partial charge in [-0.1, -0.05) is 30.3 Å². The highest BCUT2D eigenvalue weighted by Gasteiger charge is 2.16. The van der Waals surface area contributed by atoms with Crippen molar-refractivity contribution in [1.29, 1.82) is 5.26 Å². The lowest BCUT2D eigenvalue weighted by atomic mass is 10.1. The van der Waals surface area contributed by atoms with E-state index < -0.39 is 5.91 Å². The van der Waals surface area contributed by atoms with Gasteiger partial charge in [-0.15, -0.1) is 0 Å². The average Bonchev–Trinajstić information content (AvgIpc) is 3.02. The lowest BCUT2D eigenvalue weighted by Crippen LogP contribution is -2.14. The van der Waals surface area contributed by atoms with E-state index >= 15 is 0 Å². The van der Waals surface area contributed by atoms with Crippen LogP contribution in [0.15, 0.2) is 60.2 Å². The van der Waals surface area contributed by atoms with Gasteiger partial charge in [-0.2, -0.15) is 10.4 Å². The molecule has 1 amide bonds. The molecule has 0 radical (unpaired) electrons. The van der Waals surface area contributed by atoms with Gasteiger partial charge in [-0.05, 0) is 51.1 Å². The molecule has 0 aliphatic heterocycles. The van der Waals surface area contributed by atoms with Gasteiger partial charge >= 0.3 is 0 Å². The molecule has 29 heavy (non-hydrogen) atoms. The number of nitrogens with one attached hydrogen (secondary N) is 1. The lowest BCUT2D eigenvalue weighted by Gasteiger charge is -2.10. The number of nitriles is 1. The molecular weight excluding hydrogens is 364 g/mol. The minimum Gasteiger partial charge on any atom is -0.492 e. The Morgan fingerprint density at radius 1 is 1.17 bits per heavy atom. The third kappa shape index (κ3) is 4.36. The number of hydrogen-bond donors (Lipinski definition) is 1. The Morgan fingerprint density at radius 3 is 2.55 bits per heavy atom. The van der Waals surface area contributed by atoms with Crippen molar-refractivity contribution in [3.8, 4) is 17.5 Å². The van der Waals surface area contributed by atoms with Gasteiger partial charge in [-0.3, -0.25) is 4.79 Å². The number of rotatable bonds is 6. The number of anilines is 1. The lowest BCUT2D eigenvalue weighted by molar-refractivity contribution is -0.112. The molecule has 6 heteroatoms. The van der Waals surface area contributed by atoms with Crippen LogP contribution in [0.5, 0.6) is 5.75 Å². The van der Waals surface area contributed by atoms with Gasteiger partial charge in [-0.25, -0.2) is 4.68 Å². The summed E-state index contributed by atoms with van der Waals surface area (Å²) in [5.74, 6) is 0.0656. The summed E-state index contributed by atoms with van der Waals surface area (Å²) >= 11 is 0. The number of benzene rings is 2. The number of para-hydroxylation sites is 3. The molecule has 0 atom stereocenters. The van der Waals surface area contributed by atoms with Gasteiger partial charge in [0.15, 0.2) is 0 Å². The number of aromatic nitrogens is 2. The number of carbonyl (C=O) groups excluding carboxylic acids is 1. The largest absolute Gasteiger partial charge is 0.492 e. The summed E-state index contributed by atoms with van der Waals surface area (Å²) in [6.45, 7) is 6.12. The summed E-state index contributed by atoms with van der Waals surface area (Å²) in [7, 11) is 0. The molecule has 0 bridgehead atoms. The highest BCUT2D eigenvalue weighted by molar-refractivity contribution is 6.10. The van der Waals surface area contributed by atoms with E-state index in [0.717, 1.165) is 22.6 Å². The van der Waals surface area contributed by atoms with Gasteiger partial charge < -0.3 is 10.1 Å². The summed E-state index contributed by atoms with van der Waals surface area (Å²) < 4.78 is 7.33. The van der Waals surface area contributed by atoms with Gasteiger partial charge in [0.1, 0.15) is 17.4 Å². The molecular formula is C23H22N4O2. The Bertz CT molecular complexity index is 1090. The predicted molar refractivity (Wildman–Crippen MR) is 113 cm³/mol. The Morgan fingerprint density at radius 2 is 1.86 bits per heavy atom. The molecule has 3 aromatic rings. The predicted octanol–water partition coefficient (Wildman–Crippen LogP) is 4.43. The zero-order chi connectivity index (χ0) is 20.8. The first kappa shape index (κ1) is 19.9. The summed E-state index contributed by atoms with van der Waals surface area (Å²) in [4.78, 5) is 12.7. The van der Waals surface area contributed by atoms with Crippen LogP contribution in [0, 0.1) is 25.2 Å². The van der Waals surface area contributed by atoms with Crippen molar-refractivity contribution in [3.05, 3.63) is 77.1 Å². The number of nitrogens with zero attached hydrogens (tertiary/aromatic N) is 3. The van der Waals surface area contributed by atoms with Crippen LogP contribution < -0.4 is 10.1 Å². The van der Waals surface area contributed by atoms with E-state index in [0.29, 0.717) is 18.0 Å². The van der Waals surface area contributed by atoms with E-state index in [2.05, 4.69) is 10.4 Å². The van der Waals surface area contributed by atoms with E-state index in [-0.39, 0.29) is 5.57 Å². The van der Waals surface area contributed by atoms with Crippen LogP contribution in [-0.2, 0) is 4.79 Å².